The maximum Gasteiger partial charge on any atom is 0.326 e. The number of hydrogen-bond donors (Lipinski definition) is 11. The number of aliphatic carboxylic acids is 1. The quantitative estimate of drug-likeness (QED) is 0.0322. The second-order valence-electron chi connectivity index (χ2n) is 22.1. The van der Waals surface area contributed by atoms with Gasteiger partial charge in [0.15, 0.2) is 0 Å². The average Bonchev–Trinajstić information content (AvgIpc) is 3.85. The fourth-order valence-corrected chi connectivity index (χ4v) is 9.50. The van der Waals surface area contributed by atoms with Crippen molar-refractivity contribution in [2.45, 2.75) is 162 Å². The van der Waals surface area contributed by atoms with Crippen molar-refractivity contribution in [2.75, 3.05) is 12.0 Å². The molecule has 0 radical (unpaired) electrons. The maximum absolute atomic E-state index is 15.0. The van der Waals surface area contributed by atoms with Crippen LogP contribution in [0.2, 0.25) is 0 Å². The molecule has 3 aromatic carbocycles. The minimum Gasteiger partial charge on any atom is -0.480 e. The highest BCUT2D eigenvalue weighted by Gasteiger charge is 2.36. The lowest BCUT2D eigenvalue weighted by atomic mass is 9.96. The molecule has 0 aliphatic rings. The number of amides is 8. The molecule has 0 fully saturated rings. The summed E-state index contributed by atoms with van der Waals surface area (Å²) < 4.78 is 0. The van der Waals surface area contributed by atoms with E-state index in [1.54, 1.807) is 87.6 Å². The highest BCUT2D eigenvalue weighted by molar-refractivity contribution is 7.98. The van der Waals surface area contributed by atoms with Gasteiger partial charge in [-0.3, -0.25) is 38.4 Å². The molecule has 0 aliphatic carbocycles. The second-order valence-corrected chi connectivity index (χ2v) is 23.0. The van der Waals surface area contributed by atoms with Crippen LogP contribution in [0.4, 0.5) is 0 Å². The fraction of sp³-hybridized carbons (Fsp3) is 0.517. The molecular weight excluding hydrogens is 1050 g/mol. The van der Waals surface area contributed by atoms with Crippen LogP contribution in [0.15, 0.2) is 91.1 Å². The van der Waals surface area contributed by atoms with E-state index in [9.17, 15) is 48.3 Å². The number of carboxylic acids is 1. The Bertz CT molecular complexity index is 2720. The first kappa shape index (κ1) is 66.3. The number of nitrogens with two attached hydrogens (primary N) is 1. The van der Waals surface area contributed by atoms with Crippen LogP contribution in [0, 0.1) is 23.7 Å². The molecule has 21 heteroatoms. The molecule has 1 aromatic heterocycles. The fourth-order valence-electron chi connectivity index (χ4n) is 9.03. The summed E-state index contributed by atoms with van der Waals surface area (Å²) in [7, 11) is 0. The number of carboxylic acid groups (broad SMARTS) is 1. The Morgan fingerprint density at radius 3 is 1.46 bits per heavy atom. The van der Waals surface area contributed by atoms with Gasteiger partial charge in [0.1, 0.15) is 48.3 Å². The molecule has 20 nitrogen and oxygen atoms in total. The number of carbonyl (C=O) groups excluding carboxylic acids is 8. The Morgan fingerprint density at radius 2 is 0.963 bits per heavy atom. The third-order valence-electron chi connectivity index (χ3n) is 14.0. The zero-order valence-electron chi connectivity index (χ0n) is 48.4. The van der Waals surface area contributed by atoms with Gasteiger partial charge in [0.05, 0.1) is 6.04 Å². The molecule has 10 atom stereocenters. The molecule has 4 aromatic rings. The molecule has 0 bridgehead atoms. The van der Waals surface area contributed by atoms with Gasteiger partial charge in [-0.2, -0.15) is 11.8 Å². The van der Waals surface area contributed by atoms with Crippen LogP contribution < -0.4 is 48.3 Å². The van der Waals surface area contributed by atoms with Gasteiger partial charge in [0, 0.05) is 36.4 Å². The van der Waals surface area contributed by atoms with Gasteiger partial charge in [-0.15, -0.1) is 0 Å². The Labute approximate surface area is 480 Å². The standard InChI is InChI=1S/C60H86N10O10S/c1-11-37(8)51(70-58(77)50(61)36(6)7)59(78)63-38(9)52(71)64-44(26-27-81-10)53(72)66-46(30-39-20-14-12-15-21-39)55(74)67-47(31-40-22-16-13-17-23-40)56(75)68-48(32-41-33-62-43-25-19-18-24-42(41)43)57(76)65-45(28-34(2)3)54(73)69-49(60(79)80)29-35(4)5/h12-25,33-38,44-51,62H,11,26-32,61H2,1-10H3,(H,63,78)(H,64,71)(H,65,76)(H,66,72)(H,67,74)(H,68,75)(H,69,73)(H,70,77)(H,79,80)/t37-,38-,44-,45-,46-,47-,48-,49-,50-,51-/m0/s1. The monoisotopic (exact) mass is 1140 g/mol. The lowest BCUT2D eigenvalue weighted by Crippen LogP contribution is -2.61. The summed E-state index contributed by atoms with van der Waals surface area (Å²) in [6.45, 7) is 16.1. The molecule has 0 unspecified atom stereocenters. The van der Waals surface area contributed by atoms with Crippen LogP contribution in [0.5, 0.6) is 0 Å². The molecule has 0 saturated heterocycles. The van der Waals surface area contributed by atoms with Gasteiger partial charge in [-0.05, 0) is 84.6 Å². The molecule has 0 aliphatic heterocycles. The van der Waals surface area contributed by atoms with Gasteiger partial charge >= 0.3 is 5.97 Å². The topological polar surface area (TPSA) is 312 Å². The van der Waals surface area contributed by atoms with Crippen LogP contribution in [0.25, 0.3) is 10.9 Å². The lowest BCUT2D eigenvalue weighted by Gasteiger charge is -2.29. The van der Waals surface area contributed by atoms with E-state index in [1.807, 2.05) is 65.1 Å². The number of aromatic amines is 1. The summed E-state index contributed by atoms with van der Waals surface area (Å²) in [4.78, 5) is 129. The van der Waals surface area contributed by atoms with E-state index in [0.29, 0.717) is 28.9 Å². The summed E-state index contributed by atoms with van der Waals surface area (Å²) in [5.41, 5.74) is 8.83. The largest absolute Gasteiger partial charge is 0.480 e. The number of H-pyrrole nitrogens is 1. The summed E-state index contributed by atoms with van der Waals surface area (Å²) in [6.07, 6.45) is 4.36. The number of fused-ring (bicyclic) bond motifs is 1. The first-order chi connectivity index (χ1) is 38.4. The Kier molecular flexibility index (Phi) is 26.9. The predicted octanol–water partition coefficient (Wildman–Crippen LogP) is 4.05. The van der Waals surface area contributed by atoms with E-state index in [4.69, 9.17) is 5.73 Å². The predicted molar refractivity (Wildman–Crippen MR) is 315 cm³/mol. The molecule has 1 heterocycles. The zero-order valence-corrected chi connectivity index (χ0v) is 49.2. The minimum atomic E-state index is -1.35. The highest BCUT2D eigenvalue weighted by Crippen LogP contribution is 2.21. The lowest BCUT2D eigenvalue weighted by molar-refractivity contribution is -0.143. The van der Waals surface area contributed by atoms with Crippen LogP contribution in [-0.4, -0.2) is 130 Å². The van der Waals surface area contributed by atoms with Gasteiger partial charge < -0.3 is 58.4 Å². The van der Waals surface area contributed by atoms with Crippen molar-refractivity contribution in [3.8, 4) is 0 Å². The van der Waals surface area contributed by atoms with Crippen LogP contribution in [0.3, 0.4) is 0 Å². The minimum absolute atomic E-state index is 0.0399. The van der Waals surface area contributed by atoms with E-state index in [2.05, 4.69) is 47.5 Å². The van der Waals surface area contributed by atoms with E-state index >= 15 is 0 Å². The Balaban J connectivity index is 1.67. The van der Waals surface area contributed by atoms with Gasteiger partial charge in [0.2, 0.25) is 47.3 Å². The number of benzene rings is 3. The number of para-hydroxylation sites is 1. The summed E-state index contributed by atoms with van der Waals surface area (Å²) in [6, 6.07) is 14.6. The van der Waals surface area contributed by atoms with Crippen LogP contribution in [-0.2, 0) is 62.4 Å². The van der Waals surface area contributed by atoms with Gasteiger partial charge in [-0.1, -0.05) is 141 Å². The molecule has 4 rings (SSSR count). The molecule has 442 valence electrons. The first-order valence-electron chi connectivity index (χ1n) is 28.0. The zero-order chi connectivity index (χ0) is 59.9. The van der Waals surface area contributed by atoms with Crippen molar-refractivity contribution >= 4 is 75.9 Å². The highest BCUT2D eigenvalue weighted by atomic mass is 32.2. The van der Waals surface area contributed by atoms with Crippen molar-refractivity contribution in [1.29, 1.82) is 0 Å². The summed E-state index contributed by atoms with van der Waals surface area (Å²) >= 11 is 1.43. The third-order valence-corrected chi connectivity index (χ3v) is 14.7. The second kappa shape index (κ2) is 32.9. The molecule has 0 saturated carbocycles. The molecule has 12 N–H and O–H groups in total. The van der Waals surface area contributed by atoms with Crippen molar-refractivity contribution in [3.05, 3.63) is 108 Å². The molecular formula is C60H86N10O10S. The smallest absolute Gasteiger partial charge is 0.326 e. The Hall–Kier alpha value is -7.26. The number of aromatic nitrogens is 1. The molecule has 0 spiro atoms. The Morgan fingerprint density at radius 1 is 0.519 bits per heavy atom. The number of thioether (sulfide) groups is 1. The molecule has 81 heavy (non-hydrogen) atoms. The summed E-state index contributed by atoms with van der Waals surface area (Å²) in [5.74, 6) is -6.94. The van der Waals surface area contributed by atoms with Gasteiger partial charge in [0.25, 0.3) is 0 Å². The van der Waals surface area contributed by atoms with Crippen molar-refractivity contribution in [3.63, 3.8) is 0 Å². The van der Waals surface area contributed by atoms with Gasteiger partial charge in [-0.25, -0.2) is 4.79 Å². The number of carbonyl (C=O) groups is 9. The van der Waals surface area contributed by atoms with Crippen LogP contribution in [0.1, 0.15) is 105 Å². The van der Waals surface area contributed by atoms with Crippen molar-refractivity contribution in [1.82, 2.24) is 47.5 Å². The van der Waals surface area contributed by atoms with Crippen molar-refractivity contribution < 1.29 is 48.3 Å². The number of rotatable bonds is 33. The van der Waals surface area contributed by atoms with E-state index in [-0.39, 0.29) is 62.2 Å². The average molecular weight is 1140 g/mol. The summed E-state index contributed by atoms with van der Waals surface area (Å²) in [5, 5.41) is 32.9. The SMILES string of the molecule is CC[C@H](C)[C@H](NC(=O)[C@@H](N)C(C)C)C(=O)N[C@@H](C)C(=O)N[C@@H](CCSC)C(=O)N[C@@H](Cc1ccccc1)C(=O)N[C@@H](Cc1ccccc1)C(=O)N[C@@H](Cc1c[nH]c2ccccc12)C(=O)N[C@@H](CC(C)C)C(=O)N[C@@H](CC(C)C)C(=O)O. The number of hydrogen-bond acceptors (Lipinski definition) is 11. The number of nitrogens with one attached hydrogen (secondary N) is 9. The van der Waals surface area contributed by atoms with Crippen LogP contribution >= 0.6 is 11.8 Å². The molecule has 8 amide bonds. The maximum atomic E-state index is 15.0. The normalized spacial score (nSPS) is 15.1. The van der Waals surface area contributed by atoms with E-state index in [0.717, 1.165) is 10.9 Å². The first-order valence-corrected chi connectivity index (χ1v) is 29.3. The van der Waals surface area contributed by atoms with Crippen molar-refractivity contribution in [2.24, 2.45) is 29.4 Å². The third kappa shape index (κ3) is 21.3. The van der Waals surface area contributed by atoms with E-state index < -0.39 is 108 Å². The van der Waals surface area contributed by atoms with E-state index in [1.165, 1.54) is 18.7 Å².